The second kappa shape index (κ2) is 7.43. The molecule has 2 amide bonds. The Morgan fingerprint density at radius 3 is 2.38 bits per heavy atom. The minimum atomic E-state index is -0.519. The molecule has 0 aromatic heterocycles. The second-order valence-electron chi connectivity index (χ2n) is 5.45. The van der Waals surface area contributed by atoms with Crippen LogP contribution in [0.5, 0.6) is 0 Å². The number of benzene rings is 1. The zero-order valence-electron chi connectivity index (χ0n) is 12.3. The van der Waals surface area contributed by atoms with Gasteiger partial charge in [0.1, 0.15) is 0 Å². The standard InChI is InChI=1S/C15H21N3O2.ClH/c1-10(2)14(16)15(20)17-11-5-7-12(8-6-11)18-9-3-4-13(18)19;/h5-8,10,14H,3-4,9,16H2,1-2H3,(H,17,20);1H. The molecule has 1 aromatic rings. The van der Waals surface area contributed by atoms with Gasteiger partial charge in [0.2, 0.25) is 11.8 Å². The van der Waals surface area contributed by atoms with Crippen LogP contribution in [0.4, 0.5) is 11.4 Å². The second-order valence-corrected chi connectivity index (χ2v) is 5.45. The van der Waals surface area contributed by atoms with E-state index in [2.05, 4.69) is 5.32 Å². The zero-order chi connectivity index (χ0) is 14.7. The third-order valence-electron chi connectivity index (χ3n) is 3.54. The Kier molecular flexibility index (Phi) is 6.18. The highest BCUT2D eigenvalue weighted by Crippen LogP contribution is 2.23. The minimum Gasteiger partial charge on any atom is -0.325 e. The van der Waals surface area contributed by atoms with Crippen molar-refractivity contribution in [2.45, 2.75) is 32.7 Å². The van der Waals surface area contributed by atoms with Crippen molar-refractivity contribution < 1.29 is 9.59 Å². The van der Waals surface area contributed by atoms with Gasteiger partial charge in [-0.3, -0.25) is 9.59 Å². The van der Waals surface area contributed by atoms with E-state index in [0.717, 1.165) is 18.7 Å². The molecule has 0 radical (unpaired) electrons. The summed E-state index contributed by atoms with van der Waals surface area (Å²) >= 11 is 0. The lowest BCUT2D eigenvalue weighted by molar-refractivity contribution is -0.118. The molecule has 1 fully saturated rings. The fourth-order valence-corrected chi connectivity index (χ4v) is 2.17. The first-order valence-electron chi connectivity index (χ1n) is 6.96. The number of carbonyl (C=O) groups is 2. The number of nitrogens with two attached hydrogens (primary N) is 1. The summed E-state index contributed by atoms with van der Waals surface area (Å²) in [6.45, 7) is 4.58. The smallest absolute Gasteiger partial charge is 0.241 e. The van der Waals surface area contributed by atoms with Gasteiger partial charge in [-0.25, -0.2) is 0 Å². The molecular weight excluding hydrogens is 290 g/mol. The van der Waals surface area contributed by atoms with Crippen LogP contribution in [0.15, 0.2) is 24.3 Å². The monoisotopic (exact) mass is 311 g/mol. The van der Waals surface area contributed by atoms with Crippen molar-refractivity contribution in [3.8, 4) is 0 Å². The van der Waals surface area contributed by atoms with Crippen molar-refractivity contribution in [1.29, 1.82) is 0 Å². The molecule has 0 spiro atoms. The van der Waals surface area contributed by atoms with E-state index in [-0.39, 0.29) is 30.1 Å². The van der Waals surface area contributed by atoms with Gasteiger partial charge in [-0.1, -0.05) is 13.8 Å². The van der Waals surface area contributed by atoms with Gasteiger partial charge >= 0.3 is 0 Å². The highest BCUT2D eigenvalue weighted by Gasteiger charge is 2.21. The van der Waals surface area contributed by atoms with Crippen LogP contribution in [-0.2, 0) is 9.59 Å². The lowest BCUT2D eigenvalue weighted by atomic mass is 10.0. The highest BCUT2D eigenvalue weighted by molar-refractivity contribution is 5.97. The van der Waals surface area contributed by atoms with Gasteiger partial charge in [-0.15, -0.1) is 12.4 Å². The Morgan fingerprint density at radius 1 is 1.29 bits per heavy atom. The lowest BCUT2D eigenvalue weighted by Gasteiger charge is -2.17. The summed E-state index contributed by atoms with van der Waals surface area (Å²) in [7, 11) is 0. The SMILES string of the molecule is CC(C)C(N)C(=O)Nc1ccc(N2CCCC2=O)cc1.Cl. The number of anilines is 2. The maximum atomic E-state index is 11.8. The molecule has 0 aliphatic carbocycles. The Morgan fingerprint density at radius 2 is 1.90 bits per heavy atom. The summed E-state index contributed by atoms with van der Waals surface area (Å²) in [5.41, 5.74) is 7.36. The molecule has 0 bridgehead atoms. The fraction of sp³-hybridized carbons (Fsp3) is 0.467. The van der Waals surface area contributed by atoms with Gasteiger partial charge in [0.25, 0.3) is 0 Å². The predicted octanol–water partition coefficient (Wildman–Crippen LogP) is 2.16. The molecule has 1 saturated heterocycles. The summed E-state index contributed by atoms with van der Waals surface area (Å²) in [6, 6.07) is 6.77. The number of hydrogen-bond donors (Lipinski definition) is 2. The Bertz CT molecular complexity index is 502. The van der Waals surface area contributed by atoms with Crippen LogP contribution >= 0.6 is 12.4 Å². The van der Waals surface area contributed by atoms with Crippen molar-refractivity contribution in [2.24, 2.45) is 11.7 Å². The average molecular weight is 312 g/mol. The van der Waals surface area contributed by atoms with E-state index in [9.17, 15) is 9.59 Å². The molecule has 2 rings (SSSR count). The maximum Gasteiger partial charge on any atom is 0.241 e. The van der Waals surface area contributed by atoms with Gasteiger partial charge in [-0.2, -0.15) is 0 Å². The molecule has 1 aliphatic heterocycles. The molecule has 1 unspecified atom stereocenters. The fourth-order valence-electron chi connectivity index (χ4n) is 2.17. The van der Waals surface area contributed by atoms with Crippen LogP contribution < -0.4 is 16.0 Å². The van der Waals surface area contributed by atoms with Crippen LogP contribution in [-0.4, -0.2) is 24.4 Å². The number of nitrogens with one attached hydrogen (secondary N) is 1. The molecule has 1 atom stereocenters. The van der Waals surface area contributed by atoms with Gasteiger partial charge in [0, 0.05) is 24.3 Å². The van der Waals surface area contributed by atoms with E-state index in [0.29, 0.717) is 12.1 Å². The van der Waals surface area contributed by atoms with Crippen LogP contribution in [0.2, 0.25) is 0 Å². The maximum absolute atomic E-state index is 11.8. The van der Waals surface area contributed by atoms with Crippen molar-refractivity contribution in [1.82, 2.24) is 0 Å². The van der Waals surface area contributed by atoms with Crippen molar-refractivity contribution >= 4 is 35.6 Å². The minimum absolute atomic E-state index is 0. The third-order valence-corrected chi connectivity index (χ3v) is 3.54. The predicted molar refractivity (Wildman–Crippen MR) is 86.7 cm³/mol. The van der Waals surface area contributed by atoms with Gasteiger partial charge in [0.05, 0.1) is 6.04 Å². The number of carbonyl (C=O) groups excluding carboxylic acids is 2. The highest BCUT2D eigenvalue weighted by atomic mass is 35.5. The number of amides is 2. The summed E-state index contributed by atoms with van der Waals surface area (Å²) in [5.74, 6) is 0.0603. The quantitative estimate of drug-likeness (QED) is 0.894. The van der Waals surface area contributed by atoms with Gasteiger partial charge < -0.3 is 16.0 Å². The first kappa shape index (κ1) is 17.5. The first-order chi connectivity index (χ1) is 9.49. The third kappa shape index (κ3) is 4.19. The summed E-state index contributed by atoms with van der Waals surface area (Å²) in [6.07, 6.45) is 1.52. The van der Waals surface area contributed by atoms with Crippen molar-refractivity contribution in [3.63, 3.8) is 0 Å². The van der Waals surface area contributed by atoms with Crippen molar-refractivity contribution in [2.75, 3.05) is 16.8 Å². The Hall–Kier alpha value is -1.59. The van der Waals surface area contributed by atoms with Gasteiger partial charge in [0.15, 0.2) is 0 Å². The topological polar surface area (TPSA) is 75.4 Å². The average Bonchev–Trinajstić information content (AvgIpc) is 2.85. The number of nitrogens with zero attached hydrogens (tertiary/aromatic N) is 1. The number of hydrogen-bond acceptors (Lipinski definition) is 3. The lowest BCUT2D eigenvalue weighted by Crippen LogP contribution is -2.39. The zero-order valence-corrected chi connectivity index (χ0v) is 13.2. The Labute approximate surface area is 131 Å². The molecule has 1 aliphatic rings. The molecule has 0 saturated carbocycles. The molecular formula is C15H22ClN3O2. The Balaban J connectivity index is 0.00000220. The van der Waals surface area contributed by atoms with Crippen LogP contribution in [0, 0.1) is 5.92 Å². The molecule has 21 heavy (non-hydrogen) atoms. The van der Waals surface area contributed by atoms with Crippen LogP contribution in [0.3, 0.4) is 0 Å². The molecule has 1 heterocycles. The van der Waals surface area contributed by atoms with Gasteiger partial charge in [-0.05, 0) is 36.6 Å². The van der Waals surface area contributed by atoms with E-state index in [4.69, 9.17) is 5.73 Å². The van der Waals surface area contributed by atoms with Crippen LogP contribution in [0.25, 0.3) is 0 Å². The summed E-state index contributed by atoms with van der Waals surface area (Å²) < 4.78 is 0. The first-order valence-corrected chi connectivity index (χ1v) is 6.96. The normalized spacial score (nSPS) is 15.8. The van der Waals surface area contributed by atoms with Crippen molar-refractivity contribution in [3.05, 3.63) is 24.3 Å². The van der Waals surface area contributed by atoms with E-state index >= 15 is 0 Å². The molecule has 6 heteroatoms. The van der Waals surface area contributed by atoms with Crippen LogP contribution in [0.1, 0.15) is 26.7 Å². The van der Waals surface area contributed by atoms with E-state index < -0.39 is 6.04 Å². The number of rotatable bonds is 4. The molecule has 1 aromatic carbocycles. The summed E-state index contributed by atoms with van der Waals surface area (Å²) in [4.78, 5) is 25.3. The molecule has 5 nitrogen and oxygen atoms in total. The molecule has 3 N–H and O–H groups in total. The van der Waals surface area contributed by atoms with E-state index in [1.54, 1.807) is 17.0 Å². The molecule has 116 valence electrons. The van der Waals surface area contributed by atoms with E-state index in [1.807, 2.05) is 26.0 Å². The number of halogens is 1. The largest absolute Gasteiger partial charge is 0.325 e. The van der Waals surface area contributed by atoms with E-state index in [1.165, 1.54) is 0 Å². The summed E-state index contributed by atoms with van der Waals surface area (Å²) in [5, 5.41) is 2.78.